The van der Waals surface area contributed by atoms with Gasteiger partial charge < -0.3 is 14.5 Å². The molecule has 0 bridgehead atoms. The first-order valence-corrected chi connectivity index (χ1v) is 18.3. The van der Waals surface area contributed by atoms with Crippen molar-refractivity contribution in [1.29, 1.82) is 0 Å². The van der Waals surface area contributed by atoms with Crippen molar-refractivity contribution in [3.8, 4) is 5.75 Å². The molecule has 0 aliphatic carbocycles. The average Bonchev–Trinajstić information content (AvgIpc) is 3.50. The van der Waals surface area contributed by atoms with Crippen LogP contribution < -0.4 is 15.1 Å². The Morgan fingerprint density at radius 3 is 2.20 bits per heavy atom. The SMILES string of the molecule is COc1c(N=C2CC(C)=NN2)nc(Sc2ccc(S(=O)(=O)C(C)(C)c3c(F)c(F)c(C)c(F)c3F)cc2F)nc1N1CCN(CCN(C)C)CC1. The molecular formula is C33H39F5N8O3S2. The largest absolute Gasteiger partial charge is 0.490 e. The van der Waals surface area contributed by atoms with Crippen LogP contribution in [0.1, 0.15) is 38.3 Å². The molecule has 1 fully saturated rings. The van der Waals surface area contributed by atoms with Gasteiger partial charge in [0.15, 0.2) is 44.1 Å². The first kappa shape index (κ1) is 38.4. The summed E-state index contributed by atoms with van der Waals surface area (Å²) >= 11 is 0.802. The standard InChI is InChI=1S/C33H39F5N8O3S2/c1-18-16-23(43-42-18)39-30-29(49-7)31(46-14-12-45(13-15-46)11-10-44(5)6)41-32(40-30)50-22-9-8-20(17-21(22)34)51(47,48)33(3,4)24-27(37)25(35)19(2)26(36)28(24)38/h8-9,17H,10-16H2,1-7H3,(H,39,40,41,43). The minimum Gasteiger partial charge on any atom is -0.490 e. The van der Waals surface area contributed by atoms with Crippen LogP contribution in [0.5, 0.6) is 5.75 Å². The summed E-state index contributed by atoms with van der Waals surface area (Å²) in [7, 11) is 0.693. The number of aliphatic imine (C=N–C) groups is 1. The highest BCUT2D eigenvalue weighted by Crippen LogP contribution is 2.42. The Labute approximate surface area is 297 Å². The summed E-state index contributed by atoms with van der Waals surface area (Å²) in [6.45, 7) is 9.02. The van der Waals surface area contributed by atoms with Gasteiger partial charge in [-0.15, -0.1) is 0 Å². The van der Waals surface area contributed by atoms with Crippen molar-refractivity contribution in [2.45, 2.75) is 53.8 Å². The number of hydrogen-bond acceptors (Lipinski definition) is 11. The number of piperazine rings is 1. The molecule has 1 saturated heterocycles. The number of likely N-dealkylation sites (N-methyl/N-ethyl adjacent to an activating group) is 1. The Bertz CT molecular complexity index is 1970. The van der Waals surface area contributed by atoms with Crippen molar-refractivity contribution in [2.24, 2.45) is 10.1 Å². The first-order valence-electron chi connectivity index (χ1n) is 16.0. The number of nitrogens with zero attached hydrogens (tertiary/aromatic N) is 7. The maximum atomic E-state index is 15.7. The summed E-state index contributed by atoms with van der Waals surface area (Å²) in [5, 5.41) is 4.24. The quantitative estimate of drug-likeness (QED) is 0.154. The van der Waals surface area contributed by atoms with Gasteiger partial charge in [0.1, 0.15) is 16.4 Å². The van der Waals surface area contributed by atoms with Gasteiger partial charge in [-0.25, -0.2) is 40.3 Å². The maximum Gasteiger partial charge on any atom is 0.206 e. The van der Waals surface area contributed by atoms with Crippen LogP contribution >= 0.6 is 11.8 Å². The van der Waals surface area contributed by atoms with Crippen LogP contribution in [0.4, 0.5) is 33.6 Å². The smallest absolute Gasteiger partial charge is 0.206 e. The molecule has 1 aromatic heterocycles. The van der Waals surface area contributed by atoms with Crippen molar-refractivity contribution < 1.29 is 35.1 Å². The number of amidine groups is 1. The van der Waals surface area contributed by atoms with Crippen LogP contribution in [0, 0.1) is 36.0 Å². The highest BCUT2D eigenvalue weighted by atomic mass is 32.2. The van der Waals surface area contributed by atoms with Gasteiger partial charge in [-0.3, -0.25) is 10.3 Å². The van der Waals surface area contributed by atoms with Gasteiger partial charge in [0, 0.05) is 57.0 Å². The number of anilines is 1. The van der Waals surface area contributed by atoms with Crippen LogP contribution in [-0.4, -0.2) is 100 Å². The zero-order valence-corrected chi connectivity index (χ0v) is 30.9. The van der Waals surface area contributed by atoms with Gasteiger partial charge in [0.2, 0.25) is 11.6 Å². The topological polar surface area (TPSA) is 116 Å². The van der Waals surface area contributed by atoms with E-state index in [0.717, 1.165) is 76.6 Å². The number of hydrazone groups is 1. The number of halogens is 5. The van der Waals surface area contributed by atoms with Gasteiger partial charge in [-0.2, -0.15) is 10.1 Å². The fourth-order valence-corrected chi connectivity index (χ4v) is 7.95. The Balaban J connectivity index is 1.49. The van der Waals surface area contributed by atoms with Crippen molar-refractivity contribution in [3.63, 3.8) is 0 Å². The Hall–Kier alpha value is -3.87. The lowest BCUT2D eigenvalue weighted by atomic mass is 9.98. The summed E-state index contributed by atoms with van der Waals surface area (Å²) in [5.74, 6) is -6.68. The third-order valence-corrected chi connectivity index (χ3v) is 12.1. The van der Waals surface area contributed by atoms with E-state index in [0.29, 0.717) is 43.0 Å². The predicted molar refractivity (Wildman–Crippen MR) is 185 cm³/mol. The van der Waals surface area contributed by atoms with E-state index >= 15 is 4.39 Å². The van der Waals surface area contributed by atoms with Crippen molar-refractivity contribution in [2.75, 3.05) is 65.4 Å². The van der Waals surface area contributed by atoms with E-state index in [2.05, 4.69) is 30.3 Å². The second-order valence-electron chi connectivity index (χ2n) is 13.0. The summed E-state index contributed by atoms with van der Waals surface area (Å²) in [6, 6.07) is 2.88. The van der Waals surface area contributed by atoms with Gasteiger partial charge in [-0.05, 0) is 71.8 Å². The number of rotatable bonds is 11. The second kappa shape index (κ2) is 15.0. The molecule has 2 aliphatic rings. The Morgan fingerprint density at radius 1 is 1.00 bits per heavy atom. The summed E-state index contributed by atoms with van der Waals surface area (Å²) in [5.41, 5.74) is 1.41. The maximum absolute atomic E-state index is 15.7. The number of methoxy groups -OCH3 is 1. The van der Waals surface area contributed by atoms with E-state index < -0.39 is 59.7 Å². The zero-order valence-electron chi connectivity index (χ0n) is 29.2. The van der Waals surface area contributed by atoms with Gasteiger partial charge in [-0.1, -0.05) is 0 Å². The molecule has 1 N–H and O–H groups in total. The molecule has 5 rings (SSSR count). The minimum atomic E-state index is -4.82. The third kappa shape index (κ3) is 7.68. The van der Waals surface area contributed by atoms with E-state index in [4.69, 9.17) is 9.72 Å². The fourth-order valence-electron chi connectivity index (χ4n) is 5.65. The van der Waals surface area contributed by atoms with E-state index in [1.54, 1.807) is 0 Å². The molecule has 0 atom stereocenters. The number of ether oxygens (including phenoxy) is 1. The molecule has 18 heteroatoms. The number of nitrogens with one attached hydrogen (secondary N) is 1. The van der Waals surface area contributed by atoms with Crippen LogP contribution in [0.25, 0.3) is 0 Å². The minimum absolute atomic E-state index is 0.0714. The summed E-state index contributed by atoms with van der Waals surface area (Å²) < 4.78 is 105. The predicted octanol–water partition coefficient (Wildman–Crippen LogP) is 5.43. The highest BCUT2D eigenvalue weighted by molar-refractivity contribution is 7.99. The molecule has 0 amide bonds. The molecule has 51 heavy (non-hydrogen) atoms. The average molecular weight is 755 g/mol. The van der Waals surface area contributed by atoms with Crippen molar-refractivity contribution in [1.82, 2.24) is 25.2 Å². The van der Waals surface area contributed by atoms with Crippen molar-refractivity contribution in [3.05, 3.63) is 58.4 Å². The van der Waals surface area contributed by atoms with Crippen LogP contribution in [-0.2, 0) is 14.6 Å². The zero-order chi connectivity index (χ0) is 37.4. The Morgan fingerprint density at radius 2 is 1.65 bits per heavy atom. The molecular weight excluding hydrogens is 716 g/mol. The monoisotopic (exact) mass is 754 g/mol. The lowest BCUT2D eigenvalue weighted by molar-refractivity contribution is 0.228. The fraction of sp³-hybridized carbons (Fsp3) is 0.455. The lowest BCUT2D eigenvalue weighted by Gasteiger charge is -2.36. The van der Waals surface area contributed by atoms with Gasteiger partial charge >= 0.3 is 0 Å². The van der Waals surface area contributed by atoms with Crippen LogP contribution in [0.2, 0.25) is 0 Å². The van der Waals surface area contributed by atoms with Gasteiger partial charge in [0.05, 0.1) is 22.5 Å². The number of sulfone groups is 1. The van der Waals surface area contributed by atoms with E-state index in [-0.39, 0.29) is 15.9 Å². The second-order valence-corrected chi connectivity index (χ2v) is 16.5. The molecule has 0 radical (unpaired) electrons. The normalized spacial score (nSPS) is 16.6. The molecule has 0 saturated carbocycles. The van der Waals surface area contributed by atoms with E-state index in [1.807, 2.05) is 25.9 Å². The van der Waals surface area contributed by atoms with E-state index in [1.165, 1.54) is 7.11 Å². The molecule has 276 valence electrons. The third-order valence-electron chi connectivity index (χ3n) is 8.76. The van der Waals surface area contributed by atoms with E-state index in [9.17, 15) is 26.0 Å². The summed E-state index contributed by atoms with van der Waals surface area (Å²) in [4.78, 5) is 19.6. The van der Waals surface area contributed by atoms with Crippen molar-refractivity contribution >= 4 is 44.8 Å². The van der Waals surface area contributed by atoms with Crippen LogP contribution in [0.3, 0.4) is 0 Å². The number of hydrogen-bond donors (Lipinski definition) is 1. The molecule has 0 spiro atoms. The lowest BCUT2D eigenvalue weighted by Crippen LogP contribution is -2.48. The Kier molecular flexibility index (Phi) is 11.3. The molecule has 11 nitrogen and oxygen atoms in total. The van der Waals surface area contributed by atoms with Gasteiger partial charge in [0.25, 0.3) is 0 Å². The molecule has 0 unspecified atom stereocenters. The molecule has 3 aromatic rings. The van der Waals surface area contributed by atoms with Crippen LogP contribution in [0.15, 0.2) is 43.2 Å². The molecule has 3 heterocycles. The molecule has 2 aromatic carbocycles. The number of benzene rings is 2. The first-order chi connectivity index (χ1) is 24.0. The summed E-state index contributed by atoms with van der Waals surface area (Å²) in [6.07, 6.45) is 0.450. The number of aromatic nitrogens is 2. The highest BCUT2D eigenvalue weighted by Gasteiger charge is 2.44. The molecule has 2 aliphatic heterocycles.